The number of benzene rings is 3. The zero-order valence-electron chi connectivity index (χ0n) is 20.4. The number of hydrogen-bond acceptors (Lipinski definition) is 6. The molecule has 5 aromatic rings. The first-order valence-electron chi connectivity index (χ1n) is 11.6. The number of rotatable bonds is 7. The molecule has 0 atom stereocenters. The Morgan fingerprint density at radius 2 is 1.92 bits per heavy atom. The number of H-pyrrole nitrogens is 1. The van der Waals surface area contributed by atoms with Gasteiger partial charge >= 0.3 is 0 Å². The molecule has 0 aliphatic carbocycles. The second-order valence-electron chi connectivity index (χ2n) is 8.78. The molecule has 38 heavy (non-hydrogen) atoms. The summed E-state index contributed by atoms with van der Waals surface area (Å²) >= 11 is 5.79. The average Bonchev–Trinajstić information content (AvgIpc) is 3.37. The van der Waals surface area contributed by atoms with Crippen molar-refractivity contribution in [1.82, 2.24) is 25.1 Å². The van der Waals surface area contributed by atoms with E-state index in [4.69, 9.17) is 11.6 Å². The molecule has 2 aromatic heterocycles. The molecule has 0 unspecified atom stereocenters. The molecule has 0 saturated carbocycles. The average molecular weight is 534 g/mol. The molecule has 2 heterocycles. The van der Waals surface area contributed by atoms with E-state index in [1.165, 1.54) is 18.5 Å². The first-order chi connectivity index (χ1) is 18.3. The number of nitrogens with zero attached hydrogens (tertiary/aromatic N) is 4. The molecule has 8 nitrogen and oxygen atoms in total. The van der Waals surface area contributed by atoms with E-state index in [9.17, 15) is 13.6 Å². The van der Waals surface area contributed by atoms with Crippen molar-refractivity contribution in [1.29, 1.82) is 0 Å². The lowest BCUT2D eigenvalue weighted by molar-refractivity contribution is -0.111. The largest absolute Gasteiger partial charge is 0.337 e. The molecule has 0 bridgehead atoms. The van der Waals surface area contributed by atoms with Crippen molar-refractivity contribution in [2.24, 2.45) is 0 Å². The quantitative estimate of drug-likeness (QED) is 0.178. The summed E-state index contributed by atoms with van der Waals surface area (Å²) in [7, 11) is 3.81. The third kappa shape index (κ3) is 5.04. The molecule has 0 radical (unpaired) electrons. The highest BCUT2D eigenvalue weighted by Gasteiger charge is 2.19. The van der Waals surface area contributed by atoms with Crippen LogP contribution in [0.1, 0.15) is 0 Å². The number of likely N-dealkylation sites (N-methyl/N-ethyl adjacent to an activating group) is 1. The van der Waals surface area contributed by atoms with Gasteiger partial charge in [-0.3, -0.25) is 9.89 Å². The van der Waals surface area contributed by atoms with E-state index in [0.29, 0.717) is 28.7 Å². The Morgan fingerprint density at radius 1 is 1.11 bits per heavy atom. The van der Waals surface area contributed by atoms with Crippen LogP contribution in [0.3, 0.4) is 0 Å². The first kappa shape index (κ1) is 25.2. The van der Waals surface area contributed by atoms with Gasteiger partial charge < -0.3 is 15.5 Å². The summed E-state index contributed by atoms with van der Waals surface area (Å²) in [4.78, 5) is 23.5. The zero-order valence-corrected chi connectivity index (χ0v) is 21.1. The number of halogens is 3. The Bertz CT molecular complexity index is 1700. The fourth-order valence-electron chi connectivity index (χ4n) is 4.04. The molecule has 5 rings (SSSR count). The van der Waals surface area contributed by atoms with Crippen LogP contribution in [0.15, 0.2) is 67.1 Å². The number of aromatic amines is 1. The smallest absolute Gasteiger partial charge is 0.248 e. The second-order valence-corrected chi connectivity index (χ2v) is 9.16. The third-order valence-corrected chi connectivity index (χ3v) is 6.17. The number of amides is 1. The summed E-state index contributed by atoms with van der Waals surface area (Å²) in [5, 5.41) is 13.7. The summed E-state index contributed by atoms with van der Waals surface area (Å²) in [6.45, 7) is 0.599. The lowest BCUT2D eigenvalue weighted by Gasteiger charge is -2.17. The summed E-state index contributed by atoms with van der Waals surface area (Å²) < 4.78 is 28.5. The van der Waals surface area contributed by atoms with Crippen LogP contribution in [0.4, 0.5) is 26.0 Å². The molecule has 3 aromatic carbocycles. The number of nitrogens with one attached hydrogen (secondary N) is 3. The minimum atomic E-state index is -0.950. The monoisotopic (exact) mass is 533 g/mol. The Hall–Kier alpha value is -4.41. The summed E-state index contributed by atoms with van der Waals surface area (Å²) in [6.07, 6.45) is 6.25. The van der Waals surface area contributed by atoms with Crippen molar-refractivity contribution in [3.8, 4) is 11.1 Å². The van der Waals surface area contributed by atoms with Gasteiger partial charge in [0.15, 0.2) is 5.82 Å². The van der Waals surface area contributed by atoms with E-state index in [0.717, 1.165) is 22.5 Å². The van der Waals surface area contributed by atoms with Crippen molar-refractivity contribution in [2.45, 2.75) is 0 Å². The summed E-state index contributed by atoms with van der Waals surface area (Å²) in [5.41, 5.74) is 3.08. The fraction of sp³-hybridized carbons (Fsp3) is 0.111. The molecule has 0 spiro atoms. The van der Waals surface area contributed by atoms with Gasteiger partial charge in [-0.25, -0.2) is 18.7 Å². The normalized spacial score (nSPS) is 11.6. The third-order valence-electron chi connectivity index (χ3n) is 5.82. The van der Waals surface area contributed by atoms with Crippen molar-refractivity contribution >= 4 is 56.5 Å². The second kappa shape index (κ2) is 10.5. The van der Waals surface area contributed by atoms with Gasteiger partial charge in [0.2, 0.25) is 5.91 Å². The predicted molar refractivity (Wildman–Crippen MR) is 146 cm³/mol. The highest BCUT2D eigenvalue weighted by molar-refractivity contribution is 6.31. The van der Waals surface area contributed by atoms with E-state index in [1.54, 1.807) is 24.4 Å². The summed E-state index contributed by atoms with van der Waals surface area (Å²) in [6, 6.07) is 11.5. The predicted octanol–water partition coefficient (Wildman–Crippen LogP) is 5.90. The van der Waals surface area contributed by atoms with E-state index in [1.807, 2.05) is 37.2 Å². The van der Waals surface area contributed by atoms with Gasteiger partial charge in [0.1, 0.15) is 23.0 Å². The number of anilines is 3. The Morgan fingerprint density at radius 3 is 2.74 bits per heavy atom. The topological polar surface area (TPSA) is 98.8 Å². The molecule has 0 aliphatic rings. The van der Waals surface area contributed by atoms with Gasteiger partial charge in [-0.2, -0.15) is 5.10 Å². The number of aromatic nitrogens is 4. The maximum Gasteiger partial charge on any atom is 0.248 e. The number of carbonyl (C=O) groups is 1. The van der Waals surface area contributed by atoms with Gasteiger partial charge in [0.25, 0.3) is 0 Å². The molecule has 3 N–H and O–H groups in total. The van der Waals surface area contributed by atoms with E-state index >= 15 is 0 Å². The minimum absolute atomic E-state index is 0.0626. The Balaban J connectivity index is 1.68. The van der Waals surface area contributed by atoms with E-state index < -0.39 is 16.7 Å². The molecule has 11 heteroatoms. The molecule has 0 saturated heterocycles. The van der Waals surface area contributed by atoms with Gasteiger partial charge in [-0.05, 0) is 50.0 Å². The molecular weight excluding hydrogens is 512 g/mol. The van der Waals surface area contributed by atoms with E-state index in [-0.39, 0.29) is 17.4 Å². The minimum Gasteiger partial charge on any atom is -0.337 e. The first-order valence-corrected chi connectivity index (χ1v) is 11.9. The van der Waals surface area contributed by atoms with Crippen LogP contribution in [0.5, 0.6) is 0 Å². The van der Waals surface area contributed by atoms with Crippen molar-refractivity contribution in [2.75, 3.05) is 31.3 Å². The highest BCUT2D eigenvalue weighted by Crippen LogP contribution is 2.40. The van der Waals surface area contributed by atoms with E-state index in [2.05, 4.69) is 30.8 Å². The fourth-order valence-corrected chi connectivity index (χ4v) is 4.20. The lowest BCUT2D eigenvalue weighted by atomic mass is 9.97. The van der Waals surface area contributed by atoms with Crippen LogP contribution in [0, 0.1) is 11.6 Å². The van der Waals surface area contributed by atoms with Crippen LogP contribution in [0.25, 0.3) is 32.9 Å². The van der Waals surface area contributed by atoms with Gasteiger partial charge in [0.05, 0.1) is 28.3 Å². The van der Waals surface area contributed by atoms with Gasteiger partial charge in [-0.15, -0.1) is 0 Å². The zero-order chi connectivity index (χ0) is 26.8. The van der Waals surface area contributed by atoms with Gasteiger partial charge in [0, 0.05) is 29.3 Å². The lowest BCUT2D eigenvalue weighted by Crippen LogP contribution is -2.13. The number of fused-ring (bicyclic) bond motifs is 2. The Kier molecular flexibility index (Phi) is 6.99. The van der Waals surface area contributed by atoms with Crippen LogP contribution in [0.2, 0.25) is 5.02 Å². The highest BCUT2D eigenvalue weighted by atomic mass is 35.5. The standard InChI is InChI=1S/C27H22ClF2N7O/c1-37(2)11-3-4-22(38)34-19-10-9-18-24(23(19)15-5-6-16-13-33-36-21(16)12-15)27(32-14-31-18)35-20-8-7-17(29)25(28)26(20)30/h3-10,12-14H,11H2,1-2H3,(H,33,36)(H,34,38)(H,31,32,35)/b4-3+. The summed E-state index contributed by atoms with van der Waals surface area (Å²) in [5.74, 6) is -1.90. The molecule has 0 aliphatic heterocycles. The maximum absolute atomic E-state index is 14.8. The van der Waals surface area contributed by atoms with Crippen molar-refractivity contribution in [3.63, 3.8) is 0 Å². The van der Waals surface area contributed by atoms with Gasteiger partial charge in [-0.1, -0.05) is 29.8 Å². The maximum atomic E-state index is 14.8. The van der Waals surface area contributed by atoms with Crippen LogP contribution >= 0.6 is 11.6 Å². The van der Waals surface area contributed by atoms with Crippen LogP contribution in [-0.2, 0) is 4.79 Å². The van der Waals surface area contributed by atoms with Crippen LogP contribution in [-0.4, -0.2) is 51.6 Å². The molecule has 1 amide bonds. The van der Waals surface area contributed by atoms with Crippen molar-refractivity contribution in [3.05, 3.63) is 83.8 Å². The SMILES string of the molecule is CN(C)C/C=C/C(=O)Nc1ccc2ncnc(Nc3ccc(F)c(Cl)c3F)c2c1-c1ccc2cn[nH]c2c1. The Labute approximate surface area is 221 Å². The number of carbonyl (C=O) groups excluding carboxylic acids is 1. The van der Waals surface area contributed by atoms with Crippen molar-refractivity contribution < 1.29 is 13.6 Å². The molecule has 192 valence electrons. The number of hydrogen-bond donors (Lipinski definition) is 3. The van der Waals surface area contributed by atoms with Crippen LogP contribution < -0.4 is 10.6 Å². The molecule has 0 fully saturated rings. The molecular formula is C27H22ClF2N7O.